The molecule has 0 saturated heterocycles. The highest BCUT2D eigenvalue weighted by Crippen LogP contribution is 2.63. The third kappa shape index (κ3) is 5.57. The fourth-order valence-corrected chi connectivity index (χ4v) is 11.5. The lowest BCUT2D eigenvalue weighted by Crippen LogP contribution is -2.32. The summed E-state index contributed by atoms with van der Waals surface area (Å²) in [5.41, 5.74) is 15.3. The monoisotopic (exact) mass is 832 g/mol. The molecule has 4 nitrogen and oxygen atoms in total. The van der Waals surface area contributed by atoms with Gasteiger partial charge in [-0.05, 0) is 62.7 Å². The van der Waals surface area contributed by atoms with Crippen LogP contribution >= 0.6 is 11.8 Å². The number of hydrogen-bond donors (Lipinski definition) is 0. The molecule has 298 valence electrons. The van der Waals surface area contributed by atoms with Crippen LogP contribution in [0, 0.1) is 0 Å². The van der Waals surface area contributed by atoms with Gasteiger partial charge in [-0.3, -0.25) is 0 Å². The number of benzene rings is 9. The van der Waals surface area contributed by atoms with E-state index in [9.17, 15) is 0 Å². The van der Waals surface area contributed by atoms with Crippen LogP contribution < -0.4 is 0 Å². The summed E-state index contributed by atoms with van der Waals surface area (Å²) in [4.78, 5) is 23.3. The minimum absolute atomic E-state index is 0.474. The molecular formula is C59H36N4S. The van der Waals surface area contributed by atoms with Crippen molar-refractivity contribution in [1.82, 2.24) is 19.9 Å². The van der Waals surface area contributed by atoms with Crippen LogP contribution in [0.4, 0.5) is 0 Å². The quantitative estimate of drug-likeness (QED) is 0.162. The first kappa shape index (κ1) is 36.6. The predicted octanol–water partition coefficient (Wildman–Crippen LogP) is 14.7. The Morgan fingerprint density at radius 1 is 0.328 bits per heavy atom. The van der Waals surface area contributed by atoms with E-state index >= 15 is 0 Å². The summed E-state index contributed by atoms with van der Waals surface area (Å²) >= 11 is 1.88. The van der Waals surface area contributed by atoms with Crippen LogP contribution in [0.25, 0.3) is 89.4 Å². The van der Waals surface area contributed by atoms with Gasteiger partial charge in [-0.15, -0.1) is 0 Å². The third-order valence-electron chi connectivity index (χ3n) is 13.0. The minimum atomic E-state index is -0.474. The molecule has 0 N–H and O–H groups in total. The van der Waals surface area contributed by atoms with Gasteiger partial charge in [-0.1, -0.05) is 212 Å². The average Bonchev–Trinajstić information content (AvgIpc) is 3.67. The Kier molecular flexibility index (Phi) is 8.33. The van der Waals surface area contributed by atoms with E-state index in [4.69, 9.17) is 19.9 Å². The van der Waals surface area contributed by atoms with Crippen molar-refractivity contribution in [2.75, 3.05) is 0 Å². The van der Waals surface area contributed by atoms with Crippen LogP contribution in [0.2, 0.25) is 0 Å². The fraction of sp³-hybridized carbons (Fsp3) is 0.0169. The van der Waals surface area contributed by atoms with Crippen LogP contribution in [0.3, 0.4) is 0 Å². The van der Waals surface area contributed by atoms with E-state index in [0.717, 1.165) is 49.8 Å². The molecule has 13 rings (SSSR count). The zero-order chi connectivity index (χ0) is 42.2. The number of aromatic nitrogens is 4. The molecule has 0 amide bonds. The molecule has 11 aromatic rings. The van der Waals surface area contributed by atoms with Gasteiger partial charge in [0.2, 0.25) is 0 Å². The van der Waals surface area contributed by atoms with Gasteiger partial charge >= 0.3 is 0 Å². The molecular weight excluding hydrogens is 797 g/mol. The second-order valence-corrected chi connectivity index (χ2v) is 17.5. The van der Waals surface area contributed by atoms with Gasteiger partial charge in [0.25, 0.3) is 0 Å². The molecule has 1 aliphatic carbocycles. The molecule has 2 aromatic heterocycles. The molecule has 0 unspecified atom stereocenters. The number of para-hydroxylation sites is 1. The van der Waals surface area contributed by atoms with Gasteiger partial charge in [0, 0.05) is 48.2 Å². The summed E-state index contributed by atoms with van der Waals surface area (Å²) in [5.74, 6) is 1.85. The Bertz CT molecular complexity index is 3600. The molecule has 0 saturated carbocycles. The minimum Gasteiger partial charge on any atom is -0.247 e. The van der Waals surface area contributed by atoms with Crippen LogP contribution in [-0.4, -0.2) is 19.9 Å². The SMILES string of the molecule is c1ccc(-c2ccc(-c3nc(-c4ccccc4)nc(-c4cccc(-c5nc6ccccc6c6c7c(ccc56)C5(c6ccccc6S7)c6ccccc6-c6ccccc65)c4)n3)cc2)cc1. The Balaban J connectivity index is 1.01. The third-order valence-corrected chi connectivity index (χ3v) is 14.2. The fourth-order valence-electron chi connectivity index (χ4n) is 10.2. The highest BCUT2D eigenvalue weighted by molar-refractivity contribution is 7.99. The maximum atomic E-state index is 5.46. The van der Waals surface area contributed by atoms with Crippen molar-refractivity contribution in [3.05, 3.63) is 241 Å². The van der Waals surface area contributed by atoms with Crippen molar-refractivity contribution in [1.29, 1.82) is 0 Å². The van der Waals surface area contributed by atoms with Crippen LogP contribution in [0.5, 0.6) is 0 Å². The lowest BCUT2D eigenvalue weighted by atomic mass is 9.67. The summed E-state index contributed by atoms with van der Waals surface area (Å²) in [6.07, 6.45) is 0. The van der Waals surface area contributed by atoms with E-state index in [0.29, 0.717) is 17.5 Å². The molecule has 0 radical (unpaired) electrons. The molecule has 5 heteroatoms. The van der Waals surface area contributed by atoms with Gasteiger partial charge in [0.1, 0.15) is 0 Å². The van der Waals surface area contributed by atoms with Gasteiger partial charge in [-0.2, -0.15) is 0 Å². The molecule has 0 bridgehead atoms. The van der Waals surface area contributed by atoms with E-state index < -0.39 is 5.41 Å². The molecule has 3 heterocycles. The number of nitrogens with zero attached hydrogens (tertiary/aromatic N) is 4. The lowest BCUT2D eigenvalue weighted by molar-refractivity contribution is 0.726. The number of pyridine rings is 1. The predicted molar refractivity (Wildman–Crippen MR) is 261 cm³/mol. The van der Waals surface area contributed by atoms with Crippen molar-refractivity contribution < 1.29 is 0 Å². The summed E-state index contributed by atoms with van der Waals surface area (Å²) in [7, 11) is 0. The highest BCUT2D eigenvalue weighted by atomic mass is 32.2. The molecule has 2 aliphatic rings. The van der Waals surface area contributed by atoms with Crippen LogP contribution in [-0.2, 0) is 5.41 Å². The second-order valence-electron chi connectivity index (χ2n) is 16.5. The van der Waals surface area contributed by atoms with Gasteiger partial charge in [0.05, 0.1) is 16.6 Å². The number of hydrogen-bond acceptors (Lipinski definition) is 5. The molecule has 64 heavy (non-hydrogen) atoms. The van der Waals surface area contributed by atoms with Gasteiger partial charge in [-0.25, -0.2) is 19.9 Å². The number of fused-ring (bicyclic) bond motifs is 13. The molecule has 1 spiro atoms. The molecule has 0 atom stereocenters. The van der Waals surface area contributed by atoms with Crippen molar-refractivity contribution in [3.8, 4) is 67.7 Å². The van der Waals surface area contributed by atoms with Crippen molar-refractivity contribution in [3.63, 3.8) is 0 Å². The zero-order valence-electron chi connectivity index (χ0n) is 34.5. The maximum Gasteiger partial charge on any atom is 0.164 e. The largest absolute Gasteiger partial charge is 0.247 e. The Hall–Kier alpha value is -7.99. The topological polar surface area (TPSA) is 51.6 Å². The summed E-state index contributed by atoms with van der Waals surface area (Å²) in [5, 5.41) is 3.47. The zero-order valence-corrected chi connectivity index (χ0v) is 35.3. The average molecular weight is 833 g/mol. The number of rotatable bonds is 5. The summed E-state index contributed by atoms with van der Waals surface area (Å²) in [6, 6.07) is 77.9. The molecule has 9 aromatic carbocycles. The molecule has 0 fully saturated rings. The first-order valence-electron chi connectivity index (χ1n) is 21.6. The lowest BCUT2D eigenvalue weighted by Gasteiger charge is -2.40. The summed E-state index contributed by atoms with van der Waals surface area (Å²) < 4.78 is 0. The maximum absolute atomic E-state index is 5.46. The molecule has 1 aliphatic heterocycles. The van der Waals surface area contributed by atoms with E-state index in [1.54, 1.807) is 0 Å². The van der Waals surface area contributed by atoms with Gasteiger partial charge < -0.3 is 0 Å². The highest BCUT2D eigenvalue weighted by Gasteiger charge is 2.50. The van der Waals surface area contributed by atoms with Crippen LogP contribution in [0.1, 0.15) is 22.3 Å². The normalized spacial score (nSPS) is 13.1. The Morgan fingerprint density at radius 2 is 0.844 bits per heavy atom. The van der Waals surface area contributed by atoms with Crippen molar-refractivity contribution in [2.24, 2.45) is 0 Å². The van der Waals surface area contributed by atoms with E-state index in [1.165, 1.54) is 54.1 Å². The van der Waals surface area contributed by atoms with E-state index in [-0.39, 0.29) is 0 Å². The van der Waals surface area contributed by atoms with E-state index in [2.05, 4.69) is 182 Å². The second kappa shape index (κ2) is 14.6. The van der Waals surface area contributed by atoms with E-state index in [1.807, 2.05) is 48.2 Å². The Labute approximate surface area is 375 Å². The first-order valence-corrected chi connectivity index (χ1v) is 22.4. The van der Waals surface area contributed by atoms with Crippen molar-refractivity contribution >= 4 is 33.4 Å². The summed E-state index contributed by atoms with van der Waals surface area (Å²) in [6.45, 7) is 0. The van der Waals surface area contributed by atoms with Gasteiger partial charge in [0.15, 0.2) is 17.5 Å². The smallest absolute Gasteiger partial charge is 0.164 e. The standard InChI is InChI=1S/C59H36N4S/c1-3-16-37(17-4-1)38-30-32-40(33-31-38)57-61-56(39-18-5-2-6-19-39)62-58(63-57)42-21-15-20-41(36-42)54-46-34-35-50-55(53(46)45-24-9-13-28-51(45)60-54)64-52-29-14-12-27-49(52)59(50)47-25-10-7-22-43(47)44-23-8-11-26-48(44)59/h1-36H. The first-order chi connectivity index (χ1) is 31.7. The van der Waals surface area contributed by atoms with Crippen molar-refractivity contribution in [2.45, 2.75) is 15.2 Å². The van der Waals surface area contributed by atoms with Crippen LogP contribution in [0.15, 0.2) is 228 Å². The Morgan fingerprint density at radius 3 is 1.56 bits per heavy atom.